The summed E-state index contributed by atoms with van der Waals surface area (Å²) in [5.74, 6) is -0.586. The van der Waals surface area contributed by atoms with Crippen molar-refractivity contribution >= 4 is 17.5 Å². The van der Waals surface area contributed by atoms with E-state index in [1.165, 1.54) is 32.7 Å². The number of hydrogen-bond acceptors (Lipinski definition) is 3. The summed E-state index contributed by atoms with van der Waals surface area (Å²) in [7, 11) is 0. The Hall–Kier alpha value is -3.40. The van der Waals surface area contributed by atoms with Crippen molar-refractivity contribution in [3.8, 4) is 5.75 Å². The zero-order chi connectivity index (χ0) is 22.0. The van der Waals surface area contributed by atoms with Gasteiger partial charge in [-0.05, 0) is 53.3 Å². The first kappa shape index (κ1) is 19.3. The van der Waals surface area contributed by atoms with Crippen molar-refractivity contribution in [1.82, 2.24) is 0 Å². The molecule has 7 rings (SSSR count). The van der Waals surface area contributed by atoms with Crippen LogP contribution in [-0.4, -0.2) is 18.4 Å². The highest BCUT2D eigenvalue weighted by molar-refractivity contribution is 6.24. The number of anilines is 1. The van der Waals surface area contributed by atoms with Gasteiger partial charge in [0.25, 0.3) is 0 Å². The van der Waals surface area contributed by atoms with E-state index >= 15 is 0 Å². The Bertz CT molecular complexity index is 1260. The van der Waals surface area contributed by atoms with Gasteiger partial charge in [0.2, 0.25) is 11.8 Å². The average Bonchev–Trinajstić information content (AvgIpc) is 3.10. The molecule has 4 heteroatoms. The SMILES string of the molecule is CCOc1ccccc1N1C(=O)[C@@H]2[C@H]3c4ccccc4[C@@H](c4ccc(CC)cc43)[C@@H]2C1=O. The lowest BCUT2D eigenvalue weighted by atomic mass is 9.55. The van der Waals surface area contributed by atoms with Crippen LogP contribution < -0.4 is 9.64 Å². The summed E-state index contributed by atoms with van der Waals surface area (Å²) >= 11 is 0. The van der Waals surface area contributed by atoms with Crippen LogP contribution in [0, 0.1) is 11.8 Å². The molecule has 2 bridgehead atoms. The first-order valence-electron chi connectivity index (χ1n) is 11.5. The van der Waals surface area contributed by atoms with Crippen molar-refractivity contribution in [3.05, 3.63) is 94.5 Å². The van der Waals surface area contributed by atoms with E-state index in [4.69, 9.17) is 4.74 Å². The van der Waals surface area contributed by atoms with Crippen LogP contribution in [-0.2, 0) is 16.0 Å². The summed E-state index contributed by atoms with van der Waals surface area (Å²) in [4.78, 5) is 29.2. The summed E-state index contributed by atoms with van der Waals surface area (Å²) in [6.07, 6.45) is 0.946. The van der Waals surface area contributed by atoms with Gasteiger partial charge < -0.3 is 4.74 Å². The highest BCUT2D eigenvalue weighted by Gasteiger charge is 2.62. The Morgan fingerprint density at radius 1 is 0.750 bits per heavy atom. The van der Waals surface area contributed by atoms with Gasteiger partial charge >= 0.3 is 0 Å². The third-order valence-corrected chi connectivity index (χ3v) is 7.42. The van der Waals surface area contributed by atoms with Crippen molar-refractivity contribution < 1.29 is 14.3 Å². The fraction of sp³-hybridized carbons (Fsp3) is 0.286. The Kier molecular flexibility index (Phi) is 4.26. The molecular formula is C28H25NO3. The zero-order valence-electron chi connectivity index (χ0n) is 18.2. The second-order valence-corrected chi connectivity index (χ2v) is 8.87. The van der Waals surface area contributed by atoms with Crippen LogP contribution in [0.1, 0.15) is 53.5 Å². The Morgan fingerprint density at radius 2 is 1.34 bits per heavy atom. The van der Waals surface area contributed by atoms with Crippen molar-refractivity contribution in [2.24, 2.45) is 11.8 Å². The predicted molar refractivity (Wildman–Crippen MR) is 123 cm³/mol. The lowest BCUT2D eigenvalue weighted by molar-refractivity contribution is -0.122. The number of nitrogens with zero attached hydrogens (tertiary/aromatic N) is 1. The minimum Gasteiger partial charge on any atom is -0.492 e. The molecule has 4 aliphatic rings. The van der Waals surface area contributed by atoms with E-state index in [-0.39, 0.29) is 35.5 Å². The topological polar surface area (TPSA) is 46.6 Å². The summed E-state index contributed by atoms with van der Waals surface area (Å²) in [5.41, 5.74) is 6.63. The van der Waals surface area contributed by atoms with Gasteiger partial charge in [-0.2, -0.15) is 0 Å². The number of carbonyl (C=O) groups excluding carboxylic acids is 2. The Labute approximate surface area is 187 Å². The van der Waals surface area contributed by atoms with Crippen LogP contribution in [0.2, 0.25) is 0 Å². The molecule has 0 N–H and O–H groups in total. The maximum absolute atomic E-state index is 13.9. The number of benzene rings is 3. The smallest absolute Gasteiger partial charge is 0.238 e. The van der Waals surface area contributed by atoms with Crippen LogP contribution in [0.5, 0.6) is 5.75 Å². The standard InChI is InChI=1S/C28H25NO3/c1-3-16-13-14-19-20(15-16)24-18-10-6-5-9-17(18)23(19)25-26(24)28(31)29(27(25)30)21-11-7-8-12-22(21)32-4-2/h5-15,23-26H,3-4H2,1-2H3/t23-,24-,25-,26+/m0/s1. The second-order valence-electron chi connectivity index (χ2n) is 8.87. The van der Waals surface area contributed by atoms with Gasteiger partial charge in [0.1, 0.15) is 5.75 Å². The molecule has 0 saturated carbocycles. The molecule has 0 aromatic heterocycles. The number of rotatable bonds is 4. The molecule has 1 fully saturated rings. The van der Waals surface area contributed by atoms with Gasteiger partial charge in [-0.15, -0.1) is 0 Å². The quantitative estimate of drug-likeness (QED) is 0.552. The molecule has 0 unspecified atom stereocenters. The second kappa shape index (κ2) is 7.06. The van der Waals surface area contributed by atoms with E-state index in [2.05, 4.69) is 37.3 Å². The van der Waals surface area contributed by atoms with E-state index in [9.17, 15) is 9.59 Å². The maximum atomic E-state index is 13.9. The molecule has 4 atom stereocenters. The van der Waals surface area contributed by atoms with Crippen molar-refractivity contribution in [3.63, 3.8) is 0 Å². The zero-order valence-corrected chi connectivity index (χ0v) is 18.2. The van der Waals surface area contributed by atoms with Gasteiger partial charge in [0, 0.05) is 11.8 Å². The summed E-state index contributed by atoms with van der Waals surface area (Å²) in [5, 5.41) is 0. The molecule has 0 radical (unpaired) electrons. The predicted octanol–water partition coefficient (Wildman–Crippen LogP) is 5.04. The molecule has 0 spiro atoms. The number of hydrogen-bond donors (Lipinski definition) is 0. The van der Waals surface area contributed by atoms with E-state index in [1.54, 1.807) is 0 Å². The van der Waals surface area contributed by atoms with Gasteiger partial charge in [-0.3, -0.25) is 9.59 Å². The van der Waals surface area contributed by atoms with Crippen molar-refractivity contribution in [2.45, 2.75) is 32.1 Å². The summed E-state index contributed by atoms with van der Waals surface area (Å²) in [6.45, 7) is 4.53. The minimum atomic E-state index is -0.378. The molecule has 1 saturated heterocycles. The maximum Gasteiger partial charge on any atom is 0.238 e. The molecule has 3 aromatic carbocycles. The number of aryl methyl sites for hydroxylation is 1. The number of imide groups is 1. The molecule has 32 heavy (non-hydrogen) atoms. The first-order chi connectivity index (χ1) is 15.7. The third-order valence-electron chi connectivity index (χ3n) is 7.42. The first-order valence-corrected chi connectivity index (χ1v) is 11.5. The van der Waals surface area contributed by atoms with Crippen molar-refractivity contribution in [1.29, 1.82) is 0 Å². The Morgan fingerprint density at radius 3 is 2.00 bits per heavy atom. The van der Waals surface area contributed by atoms with E-state index < -0.39 is 0 Å². The third kappa shape index (κ3) is 2.44. The average molecular weight is 424 g/mol. The normalized spacial score (nSPS) is 24.9. The van der Waals surface area contributed by atoms with Crippen LogP contribution in [0.4, 0.5) is 5.69 Å². The van der Waals surface area contributed by atoms with E-state index in [1.807, 2.05) is 43.3 Å². The molecule has 2 amide bonds. The fourth-order valence-corrected chi connectivity index (χ4v) is 6.15. The molecule has 160 valence electrons. The molecular weight excluding hydrogens is 398 g/mol. The van der Waals surface area contributed by atoms with Crippen LogP contribution in [0.3, 0.4) is 0 Å². The molecule has 1 aliphatic heterocycles. The molecule has 3 aliphatic carbocycles. The van der Waals surface area contributed by atoms with Gasteiger partial charge in [0.15, 0.2) is 0 Å². The number of amides is 2. The van der Waals surface area contributed by atoms with E-state index in [0.717, 1.165) is 6.42 Å². The van der Waals surface area contributed by atoms with Gasteiger partial charge in [-0.25, -0.2) is 4.90 Å². The Balaban J connectivity index is 1.55. The molecule has 1 heterocycles. The van der Waals surface area contributed by atoms with E-state index in [0.29, 0.717) is 18.0 Å². The number of carbonyl (C=O) groups is 2. The van der Waals surface area contributed by atoms with Crippen LogP contribution in [0.15, 0.2) is 66.7 Å². The minimum absolute atomic E-state index is 0.0941. The largest absolute Gasteiger partial charge is 0.492 e. The summed E-state index contributed by atoms with van der Waals surface area (Å²) < 4.78 is 5.78. The lowest BCUT2D eigenvalue weighted by Crippen LogP contribution is -2.41. The van der Waals surface area contributed by atoms with Crippen molar-refractivity contribution in [2.75, 3.05) is 11.5 Å². The number of para-hydroxylation sites is 2. The van der Waals surface area contributed by atoms with Gasteiger partial charge in [0.05, 0.1) is 24.1 Å². The monoisotopic (exact) mass is 423 g/mol. The molecule has 4 nitrogen and oxygen atoms in total. The number of ether oxygens (including phenoxy) is 1. The fourth-order valence-electron chi connectivity index (χ4n) is 6.15. The lowest BCUT2D eigenvalue weighted by Gasteiger charge is -2.46. The molecule has 3 aromatic rings. The summed E-state index contributed by atoms with van der Waals surface area (Å²) in [6, 6.07) is 22.3. The van der Waals surface area contributed by atoms with Crippen LogP contribution >= 0.6 is 0 Å². The van der Waals surface area contributed by atoms with Gasteiger partial charge in [-0.1, -0.05) is 61.5 Å². The van der Waals surface area contributed by atoms with Crippen LogP contribution in [0.25, 0.3) is 0 Å². The highest BCUT2D eigenvalue weighted by atomic mass is 16.5. The highest BCUT2D eigenvalue weighted by Crippen LogP contribution is 2.61.